The van der Waals surface area contributed by atoms with Gasteiger partial charge in [0.15, 0.2) is 0 Å². The number of aryl methyl sites for hydroxylation is 1. The number of hydrogen-bond acceptors (Lipinski definition) is 3. The molecule has 4 rings (SSSR count). The number of rotatable bonds is 5. The normalized spacial score (nSPS) is 10.8. The second-order valence-corrected chi connectivity index (χ2v) is 6.97. The van der Waals surface area contributed by atoms with Crippen molar-refractivity contribution in [2.75, 3.05) is 0 Å². The Kier molecular flexibility index (Phi) is 5.20. The lowest BCUT2D eigenvalue weighted by molar-refractivity contribution is 0.0727. The van der Waals surface area contributed by atoms with Crippen LogP contribution < -0.4 is 5.56 Å². The zero-order chi connectivity index (χ0) is 20.2. The molecule has 0 aliphatic carbocycles. The van der Waals surface area contributed by atoms with Gasteiger partial charge >= 0.3 is 0 Å². The molecule has 2 aromatic heterocycles. The number of hydrogen-bond donors (Lipinski definition) is 0. The highest BCUT2D eigenvalue weighted by molar-refractivity contribution is 5.93. The summed E-state index contributed by atoms with van der Waals surface area (Å²) in [5.41, 5.74) is 3.01. The van der Waals surface area contributed by atoms with Gasteiger partial charge in [-0.25, -0.2) is 4.98 Å². The van der Waals surface area contributed by atoms with Crippen LogP contribution in [-0.2, 0) is 13.1 Å². The molecule has 0 N–H and O–H groups in total. The van der Waals surface area contributed by atoms with Crippen molar-refractivity contribution in [3.8, 4) is 0 Å². The highest BCUT2D eigenvalue weighted by Crippen LogP contribution is 2.13. The van der Waals surface area contributed by atoms with Gasteiger partial charge in [0, 0.05) is 25.0 Å². The highest BCUT2D eigenvalue weighted by atomic mass is 16.2. The fourth-order valence-corrected chi connectivity index (χ4v) is 3.40. The van der Waals surface area contributed by atoms with Gasteiger partial charge in [0.2, 0.25) is 0 Å². The molecule has 0 saturated carbocycles. The number of fused-ring (bicyclic) bond motifs is 1. The van der Waals surface area contributed by atoms with E-state index in [0.29, 0.717) is 18.7 Å². The summed E-state index contributed by atoms with van der Waals surface area (Å²) in [7, 11) is 0. The van der Waals surface area contributed by atoms with E-state index < -0.39 is 0 Å². The van der Waals surface area contributed by atoms with Crippen molar-refractivity contribution in [1.29, 1.82) is 0 Å². The molecule has 5 nitrogen and oxygen atoms in total. The Bertz CT molecular complexity index is 1160. The zero-order valence-electron chi connectivity index (χ0n) is 16.2. The SMILES string of the molecule is Cc1cccc2ncc(C(=O)N(Cc3ccccc3)Cc3ccccc3)c(=O)n12. The number of nitrogens with zero attached hydrogens (tertiary/aromatic N) is 3. The van der Waals surface area contributed by atoms with Crippen molar-refractivity contribution < 1.29 is 4.79 Å². The average Bonchev–Trinajstić information content (AvgIpc) is 2.75. The molecule has 0 atom stereocenters. The van der Waals surface area contributed by atoms with Crippen molar-refractivity contribution in [2.24, 2.45) is 0 Å². The van der Waals surface area contributed by atoms with Crippen molar-refractivity contribution in [2.45, 2.75) is 20.0 Å². The van der Waals surface area contributed by atoms with E-state index in [-0.39, 0.29) is 17.0 Å². The maximum atomic E-state index is 13.4. The van der Waals surface area contributed by atoms with Gasteiger partial charge in [0.1, 0.15) is 11.2 Å². The minimum Gasteiger partial charge on any atom is -0.330 e. The lowest BCUT2D eigenvalue weighted by Crippen LogP contribution is -2.35. The van der Waals surface area contributed by atoms with E-state index in [0.717, 1.165) is 16.8 Å². The van der Waals surface area contributed by atoms with Crippen LogP contribution in [-0.4, -0.2) is 20.2 Å². The standard InChI is InChI=1S/C24H21N3O2/c1-18-9-8-14-22-25-15-21(24(29)27(18)22)23(28)26(16-19-10-4-2-5-11-19)17-20-12-6-3-7-13-20/h2-15H,16-17H2,1H3. The predicted molar refractivity (Wildman–Crippen MR) is 113 cm³/mol. The molecule has 0 radical (unpaired) electrons. The Labute approximate surface area is 168 Å². The number of carbonyl (C=O) groups is 1. The molecule has 0 aliphatic heterocycles. The number of pyridine rings is 1. The summed E-state index contributed by atoms with van der Waals surface area (Å²) in [5.74, 6) is -0.326. The molecule has 29 heavy (non-hydrogen) atoms. The minimum absolute atomic E-state index is 0.0728. The summed E-state index contributed by atoms with van der Waals surface area (Å²) in [4.78, 5) is 32.5. The number of aromatic nitrogens is 2. The monoisotopic (exact) mass is 383 g/mol. The van der Waals surface area contributed by atoms with Gasteiger partial charge in [-0.2, -0.15) is 0 Å². The number of amides is 1. The van der Waals surface area contributed by atoms with E-state index in [1.54, 1.807) is 11.0 Å². The molecular weight excluding hydrogens is 362 g/mol. The topological polar surface area (TPSA) is 54.7 Å². The Hall–Kier alpha value is -3.73. The first-order valence-corrected chi connectivity index (χ1v) is 9.48. The molecule has 5 heteroatoms. The van der Waals surface area contributed by atoms with E-state index in [1.165, 1.54) is 10.6 Å². The lowest BCUT2D eigenvalue weighted by atomic mass is 10.1. The van der Waals surface area contributed by atoms with Crippen LogP contribution in [0.4, 0.5) is 0 Å². The highest BCUT2D eigenvalue weighted by Gasteiger charge is 2.21. The van der Waals surface area contributed by atoms with Crippen molar-refractivity contribution >= 4 is 11.6 Å². The number of carbonyl (C=O) groups excluding carboxylic acids is 1. The molecule has 0 fully saturated rings. The van der Waals surface area contributed by atoms with Crippen LogP contribution in [0.5, 0.6) is 0 Å². The zero-order valence-corrected chi connectivity index (χ0v) is 16.2. The van der Waals surface area contributed by atoms with E-state index in [4.69, 9.17) is 0 Å². The first-order chi connectivity index (χ1) is 14.1. The molecule has 144 valence electrons. The van der Waals surface area contributed by atoms with Gasteiger partial charge in [-0.3, -0.25) is 14.0 Å². The first kappa shape index (κ1) is 18.6. The molecule has 0 bridgehead atoms. The fraction of sp³-hybridized carbons (Fsp3) is 0.125. The van der Waals surface area contributed by atoms with Crippen LogP contribution in [0, 0.1) is 6.92 Å². The van der Waals surface area contributed by atoms with Crippen LogP contribution in [0.1, 0.15) is 27.2 Å². The average molecular weight is 383 g/mol. The molecule has 0 aliphatic rings. The minimum atomic E-state index is -0.343. The Morgan fingerprint density at radius 3 is 2.03 bits per heavy atom. The molecule has 2 heterocycles. The Morgan fingerprint density at radius 2 is 1.45 bits per heavy atom. The van der Waals surface area contributed by atoms with Crippen molar-refractivity contribution in [3.05, 3.63) is 118 Å². The van der Waals surface area contributed by atoms with Gasteiger partial charge < -0.3 is 4.90 Å². The summed E-state index contributed by atoms with van der Waals surface area (Å²) in [6.07, 6.45) is 1.39. The molecule has 1 amide bonds. The first-order valence-electron chi connectivity index (χ1n) is 9.48. The summed E-state index contributed by atoms with van der Waals surface area (Å²) < 4.78 is 1.48. The molecule has 0 saturated heterocycles. The van der Waals surface area contributed by atoms with E-state index in [9.17, 15) is 9.59 Å². The van der Waals surface area contributed by atoms with Crippen LogP contribution in [0.2, 0.25) is 0 Å². The largest absolute Gasteiger partial charge is 0.330 e. The van der Waals surface area contributed by atoms with Gasteiger partial charge in [-0.05, 0) is 30.2 Å². The molecule has 0 unspecified atom stereocenters. The fourth-order valence-electron chi connectivity index (χ4n) is 3.40. The summed E-state index contributed by atoms with van der Waals surface area (Å²) in [5, 5.41) is 0. The summed E-state index contributed by atoms with van der Waals surface area (Å²) in [6, 6.07) is 25.0. The predicted octanol–water partition coefficient (Wildman–Crippen LogP) is 3.85. The smallest absolute Gasteiger partial charge is 0.270 e. The van der Waals surface area contributed by atoms with Crippen LogP contribution in [0.3, 0.4) is 0 Å². The quantitative estimate of drug-likeness (QED) is 0.526. The van der Waals surface area contributed by atoms with Crippen LogP contribution >= 0.6 is 0 Å². The number of benzene rings is 2. The molecule has 0 spiro atoms. The maximum Gasteiger partial charge on any atom is 0.270 e. The van der Waals surface area contributed by atoms with Crippen molar-refractivity contribution in [3.63, 3.8) is 0 Å². The lowest BCUT2D eigenvalue weighted by Gasteiger charge is -2.23. The van der Waals surface area contributed by atoms with Gasteiger partial charge in [-0.15, -0.1) is 0 Å². The third-order valence-electron chi connectivity index (χ3n) is 4.87. The van der Waals surface area contributed by atoms with Crippen LogP contribution in [0.25, 0.3) is 5.65 Å². The maximum absolute atomic E-state index is 13.4. The van der Waals surface area contributed by atoms with Crippen LogP contribution in [0.15, 0.2) is 89.9 Å². The second kappa shape index (κ2) is 8.10. The van der Waals surface area contributed by atoms with E-state index in [1.807, 2.05) is 79.7 Å². The summed E-state index contributed by atoms with van der Waals surface area (Å²) in [6.45, 7) is 2.64. The van der Waals surface area contributed by atoms with Gasteiger partial charge in [0.05, 0.1) is 0 Å². The van der Waals surface area contributed by atoms with E-state index in [2.05, 4.69) is 4.98 Å². The Balaban J connectivity index is 1.74. The van der Waals surface area contributed by atoms with Gasteiger partial charge in [-0.1, -0.05) is 66.7 Å². The molecule has 2 aromatic carbocycles. The summed E-state index contributed by atoms with van der Waals surface area (Å²) >= 11 is 0. The van der Waals surface area contributed by atoms with Gasteiger partial charge in [0.25, 0.3) is 11.5 Å². The third kappa shape index (κ3) is 3.94. The molecule has 4 aromatic rings. The van der Waals surface area contributed by atoms with E-state index >= 15 is 0 Å². The second-order valence-electron chi connectivity index (χ2n) is 6.97. The molecular formula is C24H21N3O2. The van der Waals surface area contributed by atoms with Crippen molar-refractivity contribution in [1.82, 2.24) is 14.3 Å². The third-order valence-corrected chi connectivity index (χ3v) is 4.87. The Morgan fingerprint density at radius 1 is 0.862 bits per heavy atom.